The van der Waals surface area contributed by atoms with E-state index in [2.05, 4.69) is 5.32 Å². The van der Waals surface area contributed by atoms with Crippen LogP contribution in [0.4, 0.5) is 5.69 Å². The summed E-state index contributed by atoms with van der Waals surface area (Å²) in [6, 6.07) is 20.5. The molecule has 9 nitrogen and oxygen atoms in total. The maximum absolute atomic E-state index is 13.7. The molecule has 0 spiro atoms. The minimum atomic E-state index is -0.810. The van der Waals surface area contributed by atoms with Crippen molar-refractivity contribution in [1.29, 1.82) is 0 Å². The molecule has 3 aromatic carbocycles. The number of carbonyl (C=O) groups is 2. The second kappa shape index (κ2) is 12.9. The van der Waals surface area contributed by atoms with Crippen molar-refractivity contribution in [3.8, 4) is 11.5 Å². The Hall–Kier alpha value is -4.40. The predicted octanol–water partition coefficient (Wildman–Crippen LogP) is 4.85. The summed E-state index contributed by atoms with van der Waals surface area (Å²) >= 11 is 0. The summed E-state index contributed by atoms with van der Waals surface area (Å²) in [6.07, 6.45) is 0.311. The number of nitrogens with zero attached hydrogens (tertiary/aromatic N) is 2. The summed E-state index contributed by atoms with van der Waals surface area (Å²) in [4.78, 5) is 39.5. The van der Waals surface area contributed by atoms with Gasteiger partial charge in [-0.2, -0.15) is 0 Å². The maximum atomic E-state index is 13.7. The summed E-state index contributed by atoms with van der Waals surface area (Å²) in [7, 11) is 1.32. The first-order chi connectivity index (χ1) is 18.5. The molecule has 2 amide bonds. The van der Waals surface area contributed by atoms with Crippen LogP contribution >= 0.6 is 0 Å². The monoisotopic (exact) mass is 533 g/mol. The van der Waals surface area contributed by atoms with Gasteiger partial charge in [0, 0.05) is 30.6 Å². The quantitative estimate of drug-likeness (QED) is 0.279. The van der Waals surface area contributed by atoms with Crippen molar-refractivity contribution in [2.45, 2.75) is 52.2 Å². The van der Waals surface area contributed by atoms with E-state index in [1.54, 1.807) is 0 Å². The van der Waals surface area contributed by atoms with Crippen molar-refractivity contribution >= 4 is 17.5 Å². The fourth-order valence-electron chi connectivity index (χ4n) is 4.02. The van der Waals surface area contributed by atoms with Crippen LogP contribution in [0.3, 0.4) is 0 Å². The van der Waals surface area contributed by atoms with Gasteiger partial charge in [-0.25, -0.2) is 0 Å². The molecule has 0 aliphatic rings. The van der Waals surface area contributed by atoms with Crippen LogP contribution in [-0.4, -0.2) is 46.9 Å². The zero-order chi connectivity index (χ0) is 28.6. The van der Waals surface area contributed by atoms with Crippen LogP contribution in [0.2, 0.25) is 0 Å². The molecule has 3 aromatic rings. The molecule has 206 valence electrons. The number of hydrogen-bond acceptors (Lipinski definition) is 6. The van der Waals surface area contributed by atoms with Gasteiger partial charge in [0.1, 0.15) is 11.8 Å². The molecule has 39 heavy (non-hydrogen) atoms. The summed E-state index contributed by atoms with van der Waals surface area (Å²) in [6.45, 7) is 7.47. The first-order valence-corrected chi connectivity index (χ1v) is 12.6. The lowest BCUT2D eigenvalue weighted by atomic mass is 10.0. The third-order valence-corrected chi connectivity index (χ3v) is 5.95. The number of rotatable bonds is 11. The Morgan fingerprint density at radius 3 is 2.26 bits per heavy atom. The highest BCUT2D eigenvalue weighted by molar-refractivity contribution is 5.89. The second-order valence-corrected chi connectivity index (χ2v) is 10.3. The lowest BCUT2D eigenvalue weighted by molar-refractivity contribution is -0.385. The van der Waals surface area contributed by atoms with Crippen molar-refractivity contribution < 1.29 is 24.0 Å². The largest absolute Gasteiger partial charge is 0.490 e. The summed E-state index contributed by atoms with van der Waals surface area (Å²) in [5.41, 5.74) is 2.15. The molecule has 0 bridgehead atoms. The molecule has 1 unspecified atom stereocenters. The highest BCUT2D eigenvalue weighted by Gasteiger charge is 2.32. The molecule has 0 aliphatic heterocycles. The van der Waals surface area contributed by atoms with Gasteiger partial charge < -0.3 is 19.7 Å². The average Bonchev–Trinajstić information content (AvgIpc) is 2.89. The molecule has 3 rings (SSSR count). The summed E-state index contributed by atoms with van der Waals surface area (Å²) < 4.78 is 10.8. The molecular formula is C30H35N3O6. The fraction of sp³-hybridized carbons (Fsp3) is 0.333. The van der Waals surface area contributed by atoms with Gasteiger partial charge in [0.25, 0.3) is 5.91 Å². The molecular weight excluding hydrogens is 498 g/mol. The lowest BCUT2D eigenvalue weighted by Crippen LogP contribution is -2.55. The smallest absolute Gasteiger partial charge is 0.311 e. The zero-order valence-electron chi connectivity index (χ0n) is 23.0. The Kier molecular flexibility index (Phi) is 9.65. The Labute approximate surface area is 228 Å². The van der Waals surface area contributed by atoms with E-state index in [-0.39, 0.29) is 36.2 Å². The SMILES string of the molecule is COc1cc(OCC(=O)N(Cc2ccc(C)cc2)C(Cc2ccccc2)C(=O)NC(C)(C)C)ccc1[N+](=O)[O-]. The van der Waals surface area contributed by atoms with Crippen LogP contribution in [0.25, 0.3) is 0 Å². The van der Waals surface area contributed by atoms with Gasteiger partial charge in [-0.3, -0.25) is 19.7 Å². The van der Waals surface area contributed by atoms with E-state index in [4.69, 9.17) is 9.47 Å². The van der Waals surface area contributed by atoms with Crippen molar-refractivity contribution in [3.05, 3.63) is 99.6 Å². The number of aryl methyl sites for hydroxylation is 1. The molecule has 0 fully saturated rings. The van der Waals surface area contributed by atoms with Gasteiger partial charge in [0.15, 0.2) is 6.61 Å². The maximum Gasteiger partial charge on any atom is 0.311 e. The Morgan fingerprint density at radius 2 is 1.67 bits per heavy atom. The van der Waals surface area contributed by atoms with Crippen LogP contribution in [0, 0.1) is 17.0 Å². The Bertz CT molecular complexity index is 1290. The molecule has 0 heterocycles. The van der Waals surface area contributed by atoms with Gasteiger partial charge in [-0.05, 0) is 44.9 Å². The van der Waals surface area contributed by atoms with E-state index in [0.717, 1.165) is 16.7 Å². The summed E-state index contributed by atoms with van der Waals surface area (Å²) in [5, 5.41) is 14.2. The summed E-state index contributed by atoms with van der Waals surface area (Å²) in [5.74, 6) is -0.422. The molecule has 1 atom stereocenters. The number of amides is 2. The van der Waals surface area contributed by atoms with Gasteiger partial charge >= 0.3 is 5.69 Å². The van der Waals surface area contributed by atoms with Crippen molar-refractivity contribution in [3.63, 3.8) is 0 Å². The van der Waals surface area contributed by atoms with Gasteiger partial charge in [-0.1, -0.05) is 60.2 Å². The van der Waals surface area contributed by atoms with Gasteiger partial charge in [0.05, 0.1) is 12.0 Å². The molecule has 0 saturated heterocycles. The van der Waals surface area contributed by atoms with E-state index in [1.165, 1.54) is 30.2 Å². The minimum absolute atomic E-state index is 0.0213. The molecule has 0 radical (unpaired) electrons. The molecule has 0 saturated carbocycles. The van der Waals surface area contributed by atoms with Crippen molar-refractivity contribution in [2.24, 2.45) is 0 Å². The minimum Gasteiger partial charge on any atom is -0.490 e. The second-order valence-electron chi connectivity index (χ2n) is 10.3. The van der Waals surface area contributed by atoms with E-state index in [9.17, 15) is 19.7 Å². The van der Waals surface area contributed by atoms with Gasteiger partial charge in [-0.15, -0.1) is 0 Å². The molecule has 0 aliphatic carbocycles. The standard InChI is InChI=1S/C30H35N3O6/c1-21-11-13-23(14-12-21)19-32(26(29(35)31-30(2,3)4)17-22-9-7-6-8-10-22)28(34)20-39-24-15-16-25(33(36)37)27(18-24)38-5/h6-16,18,26H,17,19-20H2,1-5H3,(H,31,35). The third-order valence-electron chi connectivity index (χ3n) is 5.95. The van der Waals surface area contributed by atoms with E-state index in [1.807, 2.05) is 82.3 Å². The molecule has 1 N–H and O–H groups in total. The first kappa shape index (κ1) is 29.2. The zero-order valence-corrected chi connectivity index (χ0v) is 23.0. The van der Waals surface area contributed by atoms with Crippen LogP contribution in [0.1, 0.15) is 37.5 Å². The Balaban J connectivity index is 1.93. The van der Waals surface area contributed by atoms with Crippen LogP contribution < -0.4 is 14.8 Å². The van der Waals surface area contributed by atoms with E-state index in [0.29, 0.717) is 6.42 Å². The number of methoxy groups -OCH3 is 1. The van der Waals surface area contributed by atoms with Crippen molar-refractivity contribution in [1.82, 2.24) is 10.2 Å². The number of ether oxygens (including phenoxy) is 2. The average molecular weight is 534 g/mol. The number of carbonyl (C=O) groups excluding carboxylic acids is 2. The normalized spacial score (nSPS) is 11.8. The third kappa shape index (κ3) is 8.56. The topological polar surface area (TPSA) is 111 Å². The van der Waals surface area contributed by atoms with Crippen molar-refractivity contribution in [2.75, 3.05) is 13.7 Å². The highest BCUT2D eigenvalue weighted by Crippen LogP contribution is 2.31. The number of nitro benzene ring substituents is 1. The fourth-order valence-corrected chi connectivity index (χ4v) is 4.02. The predicted molar refractivity (Wildman–Crippen MR) is 149 cm³/mol. The number of hydrogen-bond donors (Lipinski definition) is 1. The van der Waals surface area contributed by atoms with Crippen LogP contribution in [0.5, 0.6) is 11.5 Å². The van der Waals surface area contributed by atoms with Gasteiger partial charge in [0.2, 0.25) is 11.7 Å². The van der Waals surface area contributed by atoms with Crippen LogP contribution in [0.15, 0.2) is 72.8 Å². The highest BCUT2D eigenvalue weighted by atomic mass is 16.6. The first-order valence-electron chi connectivity index (χ1n) is 12.6. The lowest BCUT2D eigenvalue weighted by Gasteiger charge is -2.33. The Morgan fingerprint density at radius 1 is 1.00 bits per heavy atom. The van der Waals surface area contributed by atoms with E-state index < -0.39 is 22.4 Å². The van der Waals surface area contributed by atoms with E-state index >= 15 is 0 Å². The number of nitro groups is 1. The molecule has 9 heteroatoms. The molecule has 0 aromatic heterocycles. The number of nitrogens with one attached hydrogen (secondary N) is 1. The van der Waals surface area contributed by atoms with Crippen LogP contribution in [-0.2, 0) is 22.6 Å². The number of benzene rings is 3.